The summed E-state index contributed by atoms with van der Waals surface area (Å²) in [6, 6.07) is 1.67. The minimum Gasteiger partial charge on any atom is -0.480 e. The van der Waals surface area contributed by atoms with Crippen molar-refractivity contribution in [1.29, 1.82) is 0 Å². The first-order valence-corrected chi connectivity index (χ1v) is 9.27. The van der Waals surface area contributed by atoms with Gasteiger partial charge >= 0.3 is 5.97 Å². The Hall–Kier alpha value is -2.31. The second kappa shape index (κ2) is 8.87. The van der Waals surface area contributed by atoms with Gasteiger partial charge in [-0.25, -0.2) is 0 Å². The summed E-state index contributed by atoms with van der Waals surface area (Å²) in [6.45, 7) is 6.19. The Bertz CT molecular complexity index is 645. The lowest BCUT2D eigenvalue weighted by molar-refractivity contribution is -0.145. The second-order valence-corrected chi connectivity index (χ2v) is 6.68. The van der Waals surface area contributed by atoms with Crippen LogP contribution in [0.2, 0.25) is 0 Å². The predicted molar refractivity (Wildman–Crippen MR) is 96.0 cm³/mol. The van der Waals surface area contributed by atoms with Crippen LogP contribution in [0.15, 0.2) is 10.5 Å². The van der Waals surface area contributed by atoms with Gasteiger partial charge in [-0.2, -0.15) is 0 Å². The zero-order valence-corrected chi connectivity index (χ0v) is 15.8. The third-order valence-electron chi connectivity index (χ3n) is 4.95. The monoisotopic (exact) mass is 364 g/mol. The number of hydrogen-bond donors (Lipinski definition) is 1. The summed E-state index contributed by atoms with van der Waals surface area (Å²) in [5, 5.41) is 9.03. The van der Waals surface area contributed by atoms with Crippen LogP contribution in [0.3, 0.4) is 0 Å². The molecule has 2 amide bonds. The van der Waals surface area contributed by atoms with E-state index >= 15 is 0 Å². The van der Waals surface area contributed by atoms with E-state index in [0.29, 0.717) is 31.7 Å². The quantitative estimate of drug-likeness (QED) is 0.836. The van der Waals surface area contributed by atoms with Crippen LogP contribution in [0.4, 0.5) is 0 Å². The molecule has 144 valence electrons. The van der Waals surface area contributed by atoms with Gasteiger partial charge in [0.05, 0.1) is 0 Å². The van der Waals surface area contributed by atoms with Crippen LogP contribution in [0.5, 0.6) is 0 Å². The van der Waals surface area contributed by atoms with E-state index in [0.717, 1.165) is 30.6 Å². The van der Waals surface area contributed by atoms with Crippen LogP contribution in [0, 0.1) is 0 Å². The molecular formula is C19H28N2O5. The minimum absolute atomic E-state index is 0.132. The number of aryl methyl sites for hydroxylation is 2. The Labute approximate surface area is 153 Å². The van der Waals surface area contributed by atoms with Crippen molar-refractivity contribution in [1.82, 2.24) is 9.80 Å². The molecule has 1 atom stereocenters. The Morgan fingerprint density at radius 1 is 1.23 bits per heavy atom. The number of amides is 2. The maximum absolute atomic E-state index is 12.8. The second-order valence-electron chi connectivity index (χ2n) is 6.68. The maximum atomic E-state index is 12.8. The number of carboxylic acids is 1. The Kier molecular flexibility index (Phi) is 6.83. The highest BCUT2D eigenvalue weighted by Gasteiger charge is 2.29. The fourth-order valence-corrected chi connectivity index (χ4v) is 3.56. The van der Waals surface area contributed by atoms with Crippen molar-refractivity contribution in [3.05, 3.63) is 23.2 Å². The van der Waals surface area contributed by atoms with Crippen LogP contribution in [0.25, 0.3) is 0 Å². The summed E-state index contributed by atoms with van der Waals surface area (Å²) >= 11 is 0. The highest BCUT2D eigenvalue weighted by atomic mass is 16.4. The van der Waals surface area contributed by atoms with E-state index < -0.39 is 5.97 Å². The van der Waals surface area contributed by atoms with Gasteiger partial charge in [-0.15, -0.1) is 0 Å². The third kappa shape index (κ3) is 4.65. The summed E-state index contributed by atoms with van der Waals surface area (Å²) < 4.78 is 5.74. The smallest absolute Gasteiger partial charge is 0.323 e. The van der Waals surface area contributed by atoms with Gasteiger partial charge in [0.2, 0.25) is 5.91 Å². The molecule has 0 saturated carbocycles. The summed E-state index contributed by atoms with van der Waals surface area (Å²) in [5.74, 6) is -0.179. The lowest BCUT2D eigenvalue weighted by atomic mass is 10.1. The molecule has 7 nitrogen and oxygen atoms in total. The van der Waals surface area contributed by atoms with Gasteiger partial charge in [-0.1, -0.05) is 13.8 Å². The highest BCUT2D eigenvalue weighted by Crippen LogP contribution is 2.22. The lowest BCUT2D eigenvalue weighted by Gasteiger charge is -2.28. The van der Waals surface area contributed by atoms with Crippen molar-refractivity contribution < 1.29 is 23.9 Å². The molecule has 0 bridgehead atoms. The van der Waals surface area contributed by atoms with E-state index in [1.807, 2.05) is 19.9 Å². The molecule has 1 aromatic heterocycles. The number of likely N-dealkylation sites (tertiary alicyclic amines) is 1. The zero-order valence-electron chi connectivity index (χ0n) is 15.8. The standard InChI is InChI=1S/C19H28N2O5/c1-4-14-11-17(26-16(14)5-2)19(25)20-9-6-7-15(8-10-20)21(13(3)22)12-18(23)24/h11,15H,4-10,12H2,1-3H3,(H,23,24). The molecule has 0 aromatic carbocycles. The van der Waals surface area contributed by atoms with Crippen molar-refractivity contribution in [3.8, 4) is 0 Å². The van der Waals surface area contributed by atoms with Gasteiger partial charge in [-0.3, -0.25) is 14.4 Å². The Morgan fingerprint density at radius 3 is 2.50 bits per heavy atom. The van der Waals surface area contributed by atoms with Crippen molar-refractivity contribution in [2.75, 3.05) is 19.6 Å². The average Bonchev–Trinajstić information content (AvgIpc) is 2.88. The van der Waals surface area contributed by atoms with E-state index in [1.54, 1.807) is 4.90 Å². The van der Waals surface area contributed by atoms with Crippen LogP contribution in [0.1, 0.15) is 61.9 Å². The van der Waals surface area contributed by atoms with E-state index in [2.05, 4.69) is 0 Å². The van der Waals surface area contributed by atoms with Gasteiger partial charge in [0.1, 0.15) is 12.3 Å². The molecule has 26 heavy (non-hydrogen) atoms. The Balaban J connectivity index is 2.07. The van der Waals surface area contributed by atoms with E-state index in [1.165, 1.54) is 11.8 Å². The molecule has 1 unspecified atom stereocenters. The normalized spacial score (nSPS) is 17.7. The number of hydrogen-bond acceptors (Lipinski definition) is 4. The molecule has 1 aromatic rings. The van der Waals surface area contributed by atoms with E-state index in [9.17, 15) is 14.4 Å². The van der Waals surface area contributed by atoms with E-state index in [-0.39, 0.29) is 24.4 Å². The minimum atomic E-state index is -1.02. The van der Waals surface area contributed by atoms with Crippen molar-refractivity contribution in [2.24, 2.45) is 0 Å². The summed E-state index contributed by atoms with van der Waals surface area (Å²) in [4.78, 5) is 38.8. The molecule has 2 heterocycles. The molecule has 1 aliphatic heterocycles. The summed E-state index contributed by atoms with van der Waals surface area (Å²) in [6.07, 6.45) is 3.56. The topological polar surface area (TPSA) is 91.1 Å². The van der Waals surface area contributed by atoms with Crippen LogP contribution in [-0.2, 0) is 22.4 Å². The first-order chi connectivity index (χ1) is 12.4. The van der Waals surface area contributed by atoms with Gasteiger partial charge in [0.25, 0.3) is 5.91 Å². The molecule has 0 aliphatic carbocycles. The predicted octanol–water partition coefficient (Wildman–Crippen LogP) is 2.33. The number of furan rings is 1. The van der Waals surface area contributed by atoms with Gasteiger partial charge in [0, 0.05) is 32.5 Å². The molecule has 1 saturated heterocycles. The van der Waals surface area contributed by atoms with Gasteiger partial charge < -0.3 is 19.3 Å². The number of aliphatic carboxylic acids is 1. The lowest BCUT2D eigenvalue weighted by Crippen LogP contribution is -2.43. The van der Waals surface area contributed by atoms with Crippen molar-refractivity contribution >= 4 is 17.8 Å². The molecule has 2 rings (SSSR count). The molecule has 0 radical (unpaired) electrons. The average molecular weight is 364 g/mol. The molecule has 7 heteroatoms. The fraction of sp³-hybridized carbons (Fsp3) is 0.632. The van der Waals surface area contributed by atoms with Crippen LogP contribution < -0.4 is 0 Å². The number of carbonyl (C=O) groups excluding carboxylic acids is 2. The molecule has 0 spiro atoms. The zero-order chi connectivity index (χ0) is 19.3. The number of carbonyl (C=O) groups is 3. The Morgan fingerprint density at radius 2 is 1.96 bits per heavy atom. The summed E-state index contributed by atoms with van der Waals surface area (Å²) in [5.41, 5.74) is 1.06. The van der Waals surface area contributed by atoms with Crippen molar-refractivity contribution in [3.63, 3.8) is 0 Å². The number of nitrogens with zero attached hydrogens (tertiary/aromatic N) is 2. The van der Waals surface area contributed by atoms with Crippen LogP contribution >= 0.6 is 0 Å². The maximum Gasteiger partial charge on any atom is 0.323 e. The fourth-order valence-electron chi connectivity index (χ4n) is 3.56. The summed E-state index contributed by atoms with van der Waals surface area (Å²) in [7, 11) is 0. The van der Waals surface area contributed by atoms with E-state index in [4.69, 9.17) is 9.52 Å². The molecule has 1 fully saturated rings. The largest absolute Gasteiger partial charge is 0.480 e. The van der Waals surface area contributed by atoms with Crippen molar-refractivity contribution in [2.45, 2.75) is 58.9 Å². The molecular weight excluding hydrogens is 336 g/mol. The van der Waals surface area contributed by atoms with Gasteiger partial charge in [0.15, 0.2) is 5.76 Å². The third-order valence-corrected chi connectivity index (χ3v) is 4.95. The van der Waals surface area contributed by atoms with Crippen LogP contribution in [-0.4, -0.2) is 58.4 Å². The molecule has 1 aliphatic rings. The number of carboxylic acid groups (broad SMARTS) is 1. The first-order valence-electron chi connectivity index (χ1n) is 9.27. The first kappa shape index (κ1) is 20.0. The SMILES string of the molecule is CCc1cc(C(=O)N2CCCC(N(CC(=O)O)C(C)=O)CC2)oc1CC. The molecule has 1 N–H and O–H groups in total. The highest BCUT2D eigenvalue weighted by molar-refractivity contribution is 5.92. The number of rotatable bonds is 6. The van der Waals surface area contributed by atoms with Gasteiger partial charge in [-0.05, 0) is 37.3 Å².